The van der Waals surface area contributed by atoms with Gasteiger partial charge < -0.3 is 10.6 Å². The van der Waals surface area contributed by atoms with Crippen molar-refractivity contribution < 1.29 is 9.18 Å². The van der Waals surface area contributed by atoms with Crippen LogP contribution in [0.1, 0.15) is 27.7 Å². The highest BCUT2D eigenvalue weighted by atomic mass is 127. The topological polar surface area (TPSA) is 41.1 Å². The molecular weight excluding hydrogens is 346 g/mol. The molecule has 0 fully saturated rings. The van der Waals surface area contributed by atoms with E-state index in [0.717, 1.165) is 9.26 Å². The van der Waals surface area contributed by atoms with Gasteiger partial charge in [-0.2, -0.15) is 0 Å². The van der Waals surface area contributed by atoms with Gasteiger partial charge in [-0.1, -0.05) is 0 Å². The molecule has 1 rings (SSSR count). The summed E-state index contributed by atoms with van der Waals surface area (Å²) in [6.07, 6.45) is 0. The molecule has 5 heteroatoms. The minimum absolute atomic E-state index is 0.0809. The highest BCUT2D eigenvalue weighted by Crippen LogP contribution is 2.19. The maximum Gasteiger partial charge on any atom is 0.242 e. The molecule has 0 spiro atoms. The number of amides is 1. The molecule has 0 saturated carbocycles. The first-order chi connectivity index (χ1) is 8.19. The molecule has 0 radical (unpaired) electrons. The van der Waals surface area contributed by atoms with E-state index in [4.69, 9.17) is 0 Å². The van der Waals surface area contributed by atoms with E-state index in [1.54, 1.807) is 13.0 Å². The molecule has 1 amide bonds. The molecule has 1 unspecified atom stereocenters. The third kappa shape index (κ3) is 4.80. The lowest BCUT2D eigenvalue weighted by molar-refractivity contribution is -0.122. The van der Waals surface area contributed by atoms with Crippen molar-refractivity contribution in [3.63, 3.8) is 0 Å². The first-order valence-corrected chi connectivity index (χ1v) is 6.80. The van der Waals surface area contributed by atoms with E-state index < -0.39 is 0 Å². The summed E-state index contributed by atoms with van der Waals surface area (Å²) in [4.78, 5) is 11.9. The average molecular weight is 364 g/mol. The number of carbonyl (C=O) groups is 1. The molecule has 0 bridgehead atoms. The van der Waals surface area contributed by atoms with Crippen LogP contribution in [0.3, 0.4) is 0 Å². The van der Waals surface area contributed by atoms with Crippen LogP contribution in [0.5, 0.6) is 0 Å². The maximum atomic E-state index is 13.0. The Morgan fingerprint density at radius 2 is 2.00 bits per heavy atom. The van der Waals surface area contributed by atoms with Crippen LogP contribution < -0.4 is 10.6 Å². The minimum atomic E-state index is -0.372. The van der Waals surface area contributed by atoms with Gasteiger partial charge in [-0.15, -0.1) is 0 Å². The molecule has 0 saturated heterocycles. The summed E-state index contributed by atoms with van der Waals surface area (Å²) < 4.78 is 13.7. The molecular formula is C13H18FIN2O. The smallest absolute Gasteiger partial charge is 0.242 e. The Labute approximate surface area is 121 Å². The molecule has 2 N–H and O–H groups in total. The first kappa shape index (κ1) is 15.2. The molecule has 0 aliphatic heterocycles. The highest BCUT2D eigenvalue weighted by Gasteiger charge is 2.19. The second-order valence-corrected chi connectivity index (χ2v) is 6.39. The number of carbonyl (C=O) groups excluding carboxylic acids is 1. The number of hydrogen-bond donors (Lipinski definition) is 2. The van der Waals surface area contributed by atoms with Crippen LogP contribution in [0.15, 0.2) is 18.2 Å². The summed E-state index contributed by atoms with van der Waals surface area (Å²) in [6, 6.07) is 4.07. The largest absolute Gasteiger partial charge is 0.373 e. The van der Waals surface area contributed by atoms with Crippen molar-refractivity contribution in [2.45, 2.75) is 39.3 Å². The third-order valence-corrected chi connectivity index (χ3v) is 3.09. The molecule has 100 valence electrons. The molecule has 1 aromatic carbocycles. The van der Waals surface area contributed by atoms with Crippen LogP contribution in [0, 0.1) is 9.39 Å². The summed E-state index contributed by atoms with van der Waals surface area (Å²) >= 11 is 2.04. The Balaban J connectivity index is 2.69. The number of halogens is 2. The number of rotatable bonds is 3. The van der Waals surface area contributed by atoms with Gasteiger partial charge in [-0.25, -0.2) is 4.39 Å². The van der Waals surface area contributed by atoms with Gasteiger partial charge in [0.15, 0.2) is 0 Å². The van der Waals surface area contributed by atoms with E-state index in [1.807, 2.05) is 43.4 Å². The summed E-state index contributed by atoms with van der Waals surface area (Å²) in [5.41, 5.74) is 0.497. The van der Waals surface area contributed by atoms with Crippen LogP contribution in [0.4, 0.5) is 10.1 Å². The third-order valence-electron chi connectivity index (χ3n) is 2.19. The molecule has 0 heterocycles. The van der Waals surface area contributed by atoms with Crippen LogP contribution >= 0.6 is 22.6 Å². The van der Waals surface area contributed by atoms with E-state index in [0.29, 0.717) is 0 Å². The average Bonchev–Trinajstić information content (AvgIpc) is 2.19. The van der Waals surface area contributed by atoms with Crippen molar-refractivity contribution in [1.82, 2.24) is 5.32 Å². The van der Waals surface area contributed by atoms with Crippen LogP contribution in [-0.2, 0) is 4.79 Å². The van der Waals surface area contributed by atoms with Gasteiger partial charge in [0.1, 0.15) is 11.9 Å². The van der Waals surface area contributed by atoms with Gasteiger partial charge in [-0.3, -0.25) is 4.79 Å². The van der Waals surface area contributed by atoms with Crippen LogP contribution in [0.25, 0.3) is 0 Å². The predicted octanol–water partition coefficient (Wildman–Crippen LogP) is 3.15. The van der Waals surface area contributed by atoms with Gasteiger partial charge in [0.25, 0.3) is 0 Å². The van der Waals surface area contributed by atoms with Crippen molar-refractivity contribution in [1.29, 1.82) is 0 Å². The van der Waals surface area contributed by atoms with Crippen molar-refractivity contribution in [2.75, 3.05) is 5.32 Å². The van der Waals surface area contributed by atoms with Crippen molar-refractivity contribution in [3.8, 4) is 0 Å². The fourth-order valence-electron chi connectivity index (χ4n) is 1.38. The van der Waals surface area contributed by atoms with Gasteiger partial charge in [0.05, 0.1) is 0 Å². The Kier molecular flexibility index (Phi) is 4.95. The second-order valence-electron chi connectivity index (χ2n) is 5.23. The molecule has 0 aromatic heterocycles. The van der Waals surface area contributed by atoms with E-state index in [9.17, 15) is 9.18 Å². The Morgan fingerprint density at radius 1 is 1.39 bits per heavy atom. The minimum Gasteiger partial charge on any atom is -0.373 e. The lowest BCUT2D eigenvalue weighted by Crippen LogP contribution is -2.47. The van der Waals surface area contributed by atoms with Crippen molar-refractivity contribution in [3.05, 3.63) is 27.6 Å². The number of hydrogen-bond acceptors (Lipinski definition) is 2. The second kappa shape index (κ2) is 5.86. The lowest BCUT2D eigenvalue weighted by atomic mass is 10.1. The van der Waals surface area contributed by atoms with Gasteiger partial charge in [-0.05, 0) is 68.5 Å². The fraction of sp³-hybridized carbons (Fsp3) is 0.462. The van der Waals surface area contributed by atoms with Gasteiger partial charge in [0.2, 0.25) is 5.91 Å². The number of benzene rings is 1. The van der Waals surface area contributed by atoms with Crippen LogP contribution in [0.2, 0.25) is 0 Å². The van der Waals surface area contributed by atoms with Crippen LogP contribution in [-0.4, -0.2) is 17.5 Å². The lowest BCUT2D eigenvalue weighted by Gasteiger charge is -2.24. The Hall–Kier alpha value is -0.850. The van der Waals surface area contributed by atoms with E-state index in [-0.39, 0.29) is 23.3 Å². The quantitative estimate of drug-likeness (QED) is 0.810. The zero-order valence-corrected chi connectivity index (χ0v) is 13.1. The fourth-order valence-corrected chi connectivity index (χ4v) is 2.02. The summed E-state index contributed by atoms with van der Waals surface area (Å²) in [5.74, 6) is -0.362. The van der Waals surface area contributed by atoms with Crippen molar-refractivity contribution >= 4 is 34.2 Å². The molecule has 1 atom stereocenters. The molecule has 3 nitrogen and oxygen atoms in total. The summed E-state index contributed by atoms with van der Waals surface area (Å²) in [6.45, 7) is 7.57. The normalized spacial score (nSPS) is 13.0. The molecule has 0 aliphatic carbocycles. The standard InChI is InChI=1S/C13H18FIN2O/c1-8(12(18)17-13(2,3)4)16-11-6-5-9(14)7-10(11)15/h5-8,16H,1-4H3,(H,17,18). The number of nitrogens with one attached hydrogen (secondary N) is 2. The summed E-state index contributed by atoms with van der Waals surface area (Å²) in [5, 5.41) is 5.97. The molecule has 18 heavy (non-hydrogen) atoms. The zero-order valence-electron chi connectivity index (χ0n) is 11.0. The molecule has 0 aliphatic rings. The maximum absolute atomic E-state index is 13.0. The first-order valence-electron chi connectivity index (χ1n) is 5.72. The van der Waals surface area contributed by atoms with Gasteiger partial charge >= 0.3 is 0 Å². The Morgan fingerprint density at radius 3 is 2.50 bits per heavy atom. The monoisotopic (exact) mass is 364 g/mol. The van der Waals surface area contributed by atoms with Gasteiger partial charge in [0, 0.05) is 14.8 Å². The summed E-state index contributed by atoms with van der Waals surface area (Å²) in [7, 11) is 0. The van der Waals surface area contributed by atoms with E-state index >= 15 is 0 Å². The predicted molar refractivity (Wildman–Crippen MR) is 80.1 cm³/mol. The SMILES string of the molecule is CC(Nc1ccc(F)cc1I)C(=O)NC(C)(C)C. The highest BCUT2D eigenvalue weighted by molar-refractivity contribution is 14.1. The Bertz CT molecular complexity index is 443. The molecule has 1 aromatic rings. The number of anilines is 1. The van der Waals surface area contributed by atoms with E-state index in [1.165, 1.54) is 12.1 Å². The van der Waals surface area contributed by atoms with E-state index in [2.05, 4.69) is 10.6 Å². The zero-order chi connectivity index (χ0) is 13.9. The van der Waals surface area contributed by atoms with Crippen molar-refractivity contribution in [2.24, 2.45) is 0 Å².